The Morgan fingerprint density at radius 2 is 1.61 bits per heavy atom. The Kier molecular flexibility index (Phi) is 9.13. The summed E-state index contributed by atoms with van der Waals surface area (Å²) in [6.07, 6.45) is -3.46. The van der Waals surface area contributed by atoms with Crippen LogP contribution in [0.1, 0.15) is 21.5 Å². The van der Waals surface area contributed by atoms with Crippen LogP contribution in [0.5, 0.6) is 0 Å². The molecule has 1 aliphatic heterocycles. The third-order valence-corrected chi connectivity index (χ3v) is 7.38. The van der Waals surface area contributed by atoms with Crippen molar-refractivity contribution >= 4 is 44.8 Å². The molecule has 13 heteroatoms. The lowest BCUT2D eigenvalue weighted by molar-refractivity contribution is -0.137. The summed E-state index contributed by atoms with van der Waals surface area (Å²) in [5.41, 5.74) is 0.613. The van der Waals surface area contributed by atoms with Crippen LogP contribution >= 0.6 is 11.6 Å². The van der Waals surface area contributed by atoms with Crippen molar-refractivity contribution in [3.05, 3.63) is 94.5 Å². The van der Waals surface area contributed by atoms with E-state index in [4.69, 9.17) is 11.6 Å². The topological polar surface area (TPSA) is 98.8 Å². The number of nitrogens with one attached hydrogen (secondary N) is 2. The fourth-order valence-corrected chi connectivity index (χ4v) is 5.26. The predicted octanol–water partition coefficient (Wildman–Crippen LogP) is 4.42. The quantitative estimate of drug-likeness (QED) is 0.395. The van der Waals surface area contributed by atoms with Crippen molar-refractivity contribution in [1.82, 2.24) is 10.2 Å². The maximum absolute atomic E-state index is 13.7. The van der Waals surface area contributed by atoms with Gasteiger partial charge in [-0.1, -0.05) is 41.9 Å². The molecular weight excluding hydrogens is 581 g/mol. The number of alkyl halides is 3. The van der Waals surface area contributed by atoms with Gasteiger partial charge in [0.25, 0.3) is 5.91 Å². The number of hydrogen-bond donors (Lipinski definition) is 2. The normalized spacial score (nSPS) is 14.9. The van der Waals surface area contributed by atoms with Gasteiger partial charge in [-0.05, 0) is 48.0 Å². The molecule has 2 amide bonds. The highest BCUT2D eigenvalue weighted by molar-refractivity contribution is 7.92. The van der Waals surface area contributed by atoms with Gasteiger partial charge in [0.2, 0.25) is 15.9 Å². The van der Waals surface area contributed by atoms with Gasteiger partial charge in [-0.25, -0.2) is 8.42 Å². The number of benzene rings is 3. The fourth-order valence-electron chi connectivity index (χ4n) is 4.56. The van der Waals surface area contributed by atoms with Crippen LogP contribution in [0, 0.1) is 0 Å². The van der Waals surface area contributed by atoms with Gasteiger partial charge in [0, 0.05) is 43.2 Å². The fraction of sp³-hybridized carbons (Fsp3) is 0.286. The number of carbonyl (C=O) groups excluding carboxylic acids is 2. The standard InChI is InChI=1S/C28H28ClF3N4O4S/c1-41(39,40)34-23-7-2-3-8-25(23)35-13-15-36(16-14-35)27(38)24(17-19-9-11-22(29)12-10-19)33-26(37)20-5-4-6-21(18-20)28(30,31)32/h2-12,18,24,34H,13-17H2,1H3,(H,33,37)/t24-/m1/s1. The van der Waals surface area contributed by atoms with Gasteiger partial charge in [0.1, 0.15) is 6.04 Å². The van der Waals surface area contributed by atoms with Crippen LogP contribution in [0.15, 0.2) is 72.8 Å². The average Bonchev–Trinajstić information content (AvgIpc) is 2.92. The van der Waals surface area contributed by atoms with Gasteiger partial charge < -0.3 is 15.1 Å². The average molecular weight is 609 g/mol. The van der Waals surface area contributed by atoms with E-state index in [2.05, 4.69) is 10.0 Å². The highest BCUT2D eigenvalue weighted by Crippen LogP contribution is 2.30. The monoisotopic (exact) mass is 608 g/mol. The van der Waals surface area contributed by atoms with Gasteiger partial charge in [0.15, 0.2) is 0 Å². The van der Waals surface area contributed by atoms with E-state index in [1.807, 2.05) is 4.90 Å². The highest BCUT2D eigenvalue weighted by atomic mass is 35.5. The Balaban J connectivity index is 1.51. The summed E-state index contributed by atoms with van der Waals surface area (Å²) >= 11 is 5.98. The number of amides is 2. The summed E-state index contributed by atoms with van der Waals surface area (Å²) in [4.78, 5) is 30.2. The second kappa shape index (κ2) is 12.4. The van der Waals surface area contributed by atoms with Crippen molar-refractivity contribution in [2.24, 2.45) is 0 Å². The Hall–Kier alpha value is -3.77. The largest absolute Gasteiger partial charge is 0.416 e. The van der Waals surface area contributed by atoms with Crippen molar-refractivity contribution in [2.45, 2.75) is 18.6 Å². The molecule has 0 spiro atoms. The zero-order valence-electron chi connectivity index (χ0n) is 22.0. The molecule has 0 unspecified atom stereocenters. The Bertz CT molecular complexity index is 1510. The molecule has 8 nitrogen and oxygen atoms in total. The van der Waals surface area contributed by atoms with Crippen molar-refractivity contribution < 1.29 is 31.2 Å². The molecule has 1 atom stereocenters. The number of carbonyl (C=O) groups is 2. The van der Waals surface area contributed by atoms with Crippen molar-refractivity contribution in [1.29, 1.82) is 0 Å². The first kappa shape index (κ1) is 30.2. The maximum Gasteiger partial charge on any atom is 0.416 e. The van der Waals surface area contributed by atoms with E-state index in [1.54, 1.807) is 53.4 Å². The number of nitrogens with zero attached hydrogens (tertiary/aromatic N) is 2. The first-order valence-electron chi connectivity index (χ1n) is 12.6. The molecule has 0 aromatic heterocycles. The van der Waals surface area contributed by atoms with Crippen LogP contribution in [-0.4, -0.2) is 63.6 Å². The molecule has 0 radical (unpaired) electrons. The molecule has 1 saturated heterocycles. The Labute approximate surface area is 241 Å². The Morgan fingerprint density at radius 1 is 0.951 bits per heavy atom. The maximum atomic E-state index is 13.7. The third kappa shape index (κ3) is 8.14. The van der Waals surface area contributed by atoms with Crippen LogP contribution in [-0.2, 0) is 27.4 Å². The van der Waals surface area contributed by atoms with E-state index >= 15 is 0 Å². The summed E-state index contributed by atoms with van der Waals surface area (Å²) in [6, 6.07) is 16.6. The number of hydrogen-bond acceptors (Lipinski definition) is 5. The zero-order chi connectivity index (χ0) is 29.8. The van der Waals surface area contributed by atoms with E-state index in [0.29, 0.717) is 35.1 Å². The summed E-state index contributed by atoms with van der Waals surface area (Å²) in [5, 5.41) is 3.12. The van der Waals surface area contributed by atoms with Crippen LogP contribution < -0.4 is 14.9 Å². The second-order valence-corrected chi connectivity index (χ2v) is 11.8. The van der Waals surface area contributed by atoms with Crippen LogP contribution in [0.2, 0.25) is 5.02 Å². The van der Waals surface area contributed by atoms with Crippen molar-refractivity contribution in [2.75, 3.05) is 42.1 Å². The Morgan fingerprint density at radius 3 is 2.24 bits per heavy atom. The minimum atomic E-state index is -4.62. The number of halogens is 4. The van der Waals surface area contributed by atoms with Gasteiger partial charge in [0.05, 0.1) is 23.2 Å². The molecule has 3 aromatic carbocycles. The molecule has 41 heavy (non-hydrogen) atoms. The van der Waals surface area contributed by atoms with E-state index in [0.717, 1.165) is 24.5 Å². The lowest BCUT2D eigenvalue weighted by Crippen LogP contribution is -2.55. The molecule has 4 rings (SSSR count). The summed E-state index contributed by atoms with van der Waals surface area (Å²) in [7, 11) is -3.50. The van der Waals surface area contributed by atoms with Crippen LogP contribution in [0.25, 0.3) is 0 Å². The van der Waals surface area contributed by atoms with E-state index < -0.39 is 33.7 Å². The number of anilines is 2. The minimum Gasteiger partial charge on any atom is -0.366 e. The summed E-state index contributed by atoms with van der Waals surface area (Å²) in [5.74, 6) is -1.19. The number of piperazine rings is 1. The molecule has 2 N–H and O–H groups in total. The lowest BCUT2D eigenvalue weighted by Gasteiger charge is -2.38. The van der Waals surface area contributed by atoms with Gasteiger partial charge in [-0.3, -0.25) is 14.3 Å². The number of para-hydroxylation sites is 2. The second-order valence-electron chi connectivity index (χ2n) is 9.64. The molecule has 0 aliphatic carbocycles. The zero-order valence-corrected chi connectivity index (χ0v) is 23.6. The van der Waals surface area contributed by atoms with Gasteiger partial charge in [-0.2, -0.15) is 13.2 Å². The first-order valence-corrected chi connectivity index (χ1v) is 14.9. The van der Waals surface area contributed by atoms with Crippen molar-refractivity contribution in [3.8, 4) is 0 Å². The molecule has 1 fully saturated rings. The molecular formula is C28H28ClF3N4O4S. The summed E-state index contributed by atoms with van der Waals surface area (Å²) < 4.78 is 65.7. The molecule has 0 saturated carbocycles. The SMILES string of the molecule is CS(=O)(=O)Nc1ccccc1N1CCN(C(=O)[C@@H](Cc2ccc(Cl)cc2)NC(=O)c2cccc(C(F)(F)F)c2)CC1. The van der Waals surface area contributed by atoms with Gasteiger partial charge in [-0.15, -0.1) is 0 Å². The van der Waals surface area contributed by atoms with Crippen LogP contribution in [0.4, 0.5) is 24.5 Å². The molecule has 1 aliphatic rings. The van der Waals surface area contributed by atoms with Gasteiger partial charge >= 0.3 is 6.18 Å². The molecule has 0 bridgehead atoms. The third-order valence-electron chi connectivity index (χ3n) is 6.54. The van der Waals surface area contributed by atoms with Crippen molar-refractivity contribution in [3.63, 3.8) is 0 Å². The molecule has 1 heterocycles. The lowest BCUT2D eigenvalue weighted by atomic mass is 10.0. The number of sulfonamides is 1. The molecule has 3 aromatic rings. The van der Waals surface area contributed by atoms with E-state index in [9.17, 15) is 31.2 Å². The van der Waals surface area contributed by atoms with E-state index in [-0.39, 0.29) is 31.0 Å². The smallest absolute Gasteiger partial charge is 0.366 e. The first-order chi connectivity index (χ1) is 19.3. The van der Waals surface area contributed by atoms with E-state index in [1.165, 1.54) is 6.07 Å². The summed E-state index contributed by atoms with van der Waals surface area (Å²) in [6.45, 7) is 1.35. The number of rotatable bonds is 8. The predicted molar refractivity (Wildman–Crippen MR) is 152 cm³/mol. The highest BCUT2D eigenvalue weighted by Gasteiger charge is 2.33. The van der Waals surface area contributed by atoms with Crippen LogP contribution in [0.3, 0.4) is 0 Å². The molecule has 218 valence electrons. The minimum absolute atomic E-state index is 0.0992.